The van der Waals surface area contributed by atoms with Gasteiger partial charge < -0.3 is 5.32 Å². The summed E-state index contributed by atoms with van der Waals surface area (Å²) in [7, 11) is 2.00. The van der Waals surface area contributed by atoms with E-state index in [2.05, 4.69) is 34.2 Å². The Morgan fingerprint density at radius 1 is 1.42 bits per heavy atom. The number of aryl methyl sites for hydroxylation is 1. The maximum atomic E-state index is 4.85. The second-order valence-electron chi connectivity index (χ2n) is 5.83. The van der Waals surface area contributed by atoms with Crippen molar-refractivity contribution in [1.29, 1.82) is 0 Å². The minimum atomic E-state index is 0.312. The van der Waals surface area contributed by atoms with Crippen LogP contribution in [0.25, 0.3) is 0 Å². The predicted octanol–water partition coefficient (Wildman–Crippen LogP) is 2.14. The van der Waals surface area contributed by atoms with Crippen molar-refractivity contribution < 1.29 is 0 Å². The van der Waals surface area contributed by atoms with Crippen molar-refractivity contribution in [2.45, 2.75) is 31.7 Å². The van der Waals surface area contributed by atoms with Gasteiger partial charge in [-0.05, 0) is 24.8 Å². The van der Waals surface area contributed by atoms with Crippen LogP contribution in [0, 0.1) is 5.92 Å². The molecule has 5 heteroatoms. The molecule has 0 spiro atoms. The summed E-state index contributed by atoms with van der Waals surface area (Å²) in [5.41, 5.74) is 2.49. The van der Waals surface area contributed by atoms with E-state index in [0.29, 0.717) is 12.0 Å². The summed E-state index contributed by atoms with van der Waals surface area (Å²) >= 11 is 0. The lowest BCUT2D eigenvalue weighted by Crippen LogP contribution is -2.25. The molecule has 0 radical (unpaired) electrons. The summed E-state index contributed by atoms with van der Waals surface area (Å²) in [5.74, 6) is 2.63. The average molecular weight is 257 g/mol. The minimum absolute atomic E-state index is 0.312. The van der Waals surface area contributed by atoms with Gasteiger partial charge in [0.05, 0.1) is 17.4 Å². The molecular weight excluding hydrogens is 238 g/mol. The van der Waals surface area contributed by atoms with Crippen molar-refractivity contribution in [3.05, 3.63) is 29.7 Å². The first-order valence-corrected chi connectivity index (χ1v) is 7.05. The van der Waals surface area contributed by atoms with E-state index in [0.717, 1.165) is 24.7 Å². The molecule has 0 amide bonds. The number of hydrogen-bond donors (Lipinski definition) is 1. The smallest absolute Gasteiger partial charge is 0.125 e. The first-order valence-electron chi connectivity index (χ1n) is 7.05. The van der Waals surface area contributed by atoms with Crippen molar-refractivity contribution in [3.63, 3.8) is 0 Å². The molecule has 1 N–H and O–H groups in total. The Balaban J connectivity index is 1.74. The van der Waals surface area contributed by atoms with Gasteiger partial charge in [-0.1, -0.05) is 6.92 Å². The van der Waals surface area contributed by atoms with E-state index in [1.807, 2.05) is 17.9 Å². The number of hydrogen-bond acceptors (Lipinski definition) is 3. The van der Waals surface area contributed by atoms with Gasteiger partial charge in [-0.15, -0.1) is 0 Å². The fourth-order valence-corrected chi connectivity index (χ4v) is 3.14. The van der Waals surface area contributed by atoms with Crippen LogP contribution in [0.5, 0.6) is 0 Å². The van der Waals surface area contributed by atoms with Crippen LogP contribution in [0.15, 0.2) is 18.3 Å². The first-order chi connectivity index (χ1) is 9.24. The Bertz CT molecular complexity index is 611. The molecule has 0 bridgehead atoms. The third kappa shape index (κ3) is 1.68. The Kier molecular flexibility index (Phi) is 2.25. The van der Waals surface area contributed by atoms with E-state index < -0.39 is 0 Å². The highest BCUT2D eigenvalue weighted by Crippen LogP contribution is 2.47. The molecule has 3 heterocycles. The molecule has 3 atom stereocenters. The first kappa shape index (κ1) is 11.1. The number of rotatable bonds is 2. The van der Waals surface area contributed by atoms with Crippen molar-refractivity contribution >= 4 is 5.82 Å². The Morgan fingerprint density at radius 3 is 2.95 bits per heavy atom. The number of anilines is 1. The van der Waals surface area contributed by atoms with E-state index in [-0.39, 0.29) is 0 Å². The maximum Gasteiger partial charge on any atom is 0.125 e. The molecule has 2 aromatic heterocycles. The molecule has 1 fully saturated rings. The number of nitrogens with zero attached hydrogens (tertiary/aromatic N) is 4. The van der Waals surface area contributed by atoms with Crippen LogP contribution in [0.2, 0.25) is 0 Å². The average Bonchev–Trinajstić information content (AvgIpc) is 2.83. The van der Waals surface area contributed by atoms with Crippen LogP contribution >= 0.6 is 0 Å². The number of fused-ring (bicyclic) bond motifs is 1. The lowest BCUT2D eigenvalue weighted by molar-refractivity contribution is 0.449. The van der Waals surface area contributed by atoms with Gasteiger partial charge in [0.15, 0.2) is 0 Å². The molecule has 100 valence electrons. The Labute approximate surface area is 112 Å². The summed E-state index contributed by atoms with van der Waals surface area (Å²) in [4.78, 5) is 0. The summed E-state index contributed by atoms with van der Waals surface area (Å²) in [6.45, 7) is 3.30. The molecule has 0 aromatic carbocycles. The summed E-state index contributed by atoms with van der Waals surface area (Å²) < 4.78 is 4.11. The molecular formula is C14H19N5. The van der Waals surface area contributed by atoms with Gasteiger partial charge in [0.1, 0.15) is 5.82 Å². The summed E-state index contributed by atoms with van der Waals surface area (Å²) in [5, 5.41) is 12.6. The second-order valence-corrected chi connectivity index (χ2v) is 5.83. The van der Waals surface area contributed by atoms with Gasteiger partial charge in [-0.3, -0.25) is 4.68 Å². The van der Waals surface area contributed by atoms with Crippen LogP contribution < -0.4 is 5.32 Å². The fraction of sp³-hybridized carbons (Fsp3) is 0.571. The highest BCUT2D eigenvalue weighted by molar-refractivity contribution is 5.42. The van der Waals surface area contributed by atoms with Gasteiger partial charge in [0.2, 0.25) is 0 Å². The predicted molar refractivity (Wildman–Crippen MR) is 73.2 cm³/mol. The van der Waals surface area contributed by atoms with Gasteiger partial charge in [0, 0.05) is 31.8 Å². The normalized spacial score (nSPS) is 28.8. The highest BCUT2D eigenvalue weighted by Gasteiger charge is 2.37. The van der Waals surface area contributed by atoms with Crippen LogP contribution in [0.4, 0.5) is 5.82 Å². The lowest BCUT2D eigenvalue weighted by Gasteiger charge is -2.25. The highest BCUT2D eigenvalue weighted by atomic mass is 15.4. The van der Waals surface area contributed by atoms with Crippen molar-refractivity contribution in [3.8, 4) is 0 Å². The molecule has 0 saturated heterocycles. The van der Waals surface area contributed by atoms with E-state index >= 15 is 0 Å². The maximum absolute atomic E-state index is 4.85. The van der Waals surface area contributed by atoms with Crippen LogP contribution in [0.3, 0.4) is 0 Å². The van der Waals surface area contributed by atoms with Crippen LogP contribution in [0.1, 0.15) is 43.1 Å². The molecule has 3 unspecified atom stereocenters. The number of aromatic nitrogens is 4. The van der Waals surface area contributed by atoms with Gasteiger partial charge in [-0.25, -0.2) is 4.68 Å². The second kappa shape index (κ2) is 3.85. The van der Waals surface area contributed by atoms with Gasteiger partial charge in [0.25, 0.3) is 0 Å². The molecule has 5 nitrogen and oxygen atoms in total. The minimum Gasteiger partial charge on any atom is -0.370 e. The molecule has 2 aromatic rings. The summed E-state index contributed by atoms with van der Waals surface area (Å²) in [6, 6.07) is 4.64. The van der Waals surface area contributed by atoms with Crippen LogP contribution in [-0.2, 0) is 7.05 Å². The zero-order valence-electron chi connectivity index (χ0n) is 11.4. The number of nitrogens with one attached hydrogen (secondary N) is 1. The molecule has 4 rings (SSSR count). The van der Waals surface area contributed by atoms with Crippen molar-refractivity contribution in [2.75, 3.05) is 11.9 Å². The third-order valence-electron chi connectivity index (χ3n) is 4.46. The van der Waals surface area contributed by atoms with E-state index in [1.54, 1.807) is 0 Å². The lowest BCUT2D eigenvalue weighted by atomic mass is 10.1. The largest absolute Gasteiger partial charge is 0.370 e. The van der Waals surface area contributed by atoms with Gasteiger partial charge in [-0.2, -0.15) is 10.2 Å². The van der Waals surface area contributed by atoms with Crippen molar-refractivity contribution in [1.82, 2.24) is 19.6 Å². The molecule has 1 saturated carbocycles. The zero-order chi connectivity index (χ0) is 13.0. The van der Waals surface area contributed by atoms with E-state index in [1.165, 1.54) is 17.8 Å². The van der Waals surface area contributed by atoms with Gasteiger partial charge >= 0.3 is 0 Å². The molecule has 1 aliphatic carbocycles. The quantitative estimate of drug-likeness (QED) is 0.896. The summed E-state index contributed by atoms with van der Waals surface area (Å²) in [6.07, 6.45) is 4.21. The zero-order valence-corrected chi connectivity index (χ0v) is 11.4. The van der Waals surface area contributed by atoms with E-state index in [9.17, 15) is 0 Å². The fourth-order valence-electron chi connectivity index (χ4n) is 3.14. The van der Waals surface area contributed by atoms with E-state index in [4.69, 9.17) is 5.10 Å². The monoisotopic (exact) mass is 257 g/mol. The molecule has 2 aliphatic rings. The molecule has 1 aliphatic heterocycles. The Morgan fingerprint density at radius 2 is 2.26 bits per heavy atom. The Hall–Kier alpha value is -1.78. The third-order valence-corrected chi connectivity index (χ3v) is 4.46. The van der Waals surface area contributed by atoms with Crippen molar-refractivity contribution in [2.24, 2.45) is 13.0 Å². The standard InChI is InChI=1S/C14H19N5/c1-9-7-10(9)11-8-14-15-5-3-13(19(14)17-11)12-4-6-16-18(12)2/h4,6,8-10,13,15H,3,5,7H2,1-2H3. The SMILES string of the molecule is CC1CC1c1cc2n(n1)C(c1ccnn1C)CCN2. The van der Waals surface area contributed by atoms with Crippen LogP contribution in [-0.4, -0.2) is 26.1 Å². The topological polar surface area (TPSA) is 47.7 Å². The molecule has 19 heavy (non-hydrogen) atoms.